The molecule has 12 heavy (non-hydrogen) atoms. The van der Waals surface area contributed by atoms with Gasteiger partial charge in [0, 0.05) is 11.3 Å². The summed E-state index contributed by atoms with van der Waals surface area (Å²) in [5.74, 6) is 0. The molecule has 1 aliphatic carbocycles. The Balaban J connectivity index is 2.50. The van der Waals surface area contributed by atoms with Crippen molar-refractivity contribution < 1.29 is 5.21 Å². The zero-order valence-electron chi connectivity index (χ0n) is 6.47. The van der Waals surface area contributed by atoms with E-state index in [1.165, 1.54) is 5.69 Å². The summed E-state index contributed by atoms with van der Waals surface area (Å²) in [6.45, 7) is 0. The lowest BCUT2D eigenvalue weighted by atomic mass is 9.96. The molecule has 0 atom stereocenters. The number of nitrogens with zero attached hydrogens (tertiary/aromatic N) is 1. The number of aryl methyl sites for hydroxylation is 1. The monoisotopic (exact) mass is 228 g/mol. The van der Waals surface area contributed by atoms with Crippen molar-refractivity contribution >= 4 is 21.6 Å². The molecule has 0 unspecified atom stereocenters. The van der Waals surface area contributed by atoms with Crippen LogP contribution in [0.5, 0.6) is 0 Å². The molecule has 2 N–H and O–H groups in total. The van der Waals surface area contributed by atoms with E-state index in [2.05, 4.69) is 26.1 Å². The molecule has 1 aromatic heterocycles. The van der Waals surface area contributed by atoms with Crippen molar-refractivity contribution in [2.24, 2.45) is 5.16 Å². The molecule has 0 saturated carbocycles. The normalized spacial score (nSPS) is 19.6. The van der Waals surface area contributed by atoms with Gasteiger partial charge in [-0.3, -0.25) is 0 Å². The minimum atomic E-state index is 0.790. The van der Waals surface area contributed by atoms with Gasteiger partial charge in [-0.15, -0.1) is 0 Å². The Hall–Kier alpha value is -0.770. The van der Waals surface area contributed by atoms with E-state index in [1.54, 1.807) is 0 Å². The summed E-state index contributed by atoms with van der Waals surface area (Å²) in [6, 6.07) is 1.96. The molecule has 0 bridgehead atoms. The van der Waals surface area contributed by atoms with Crippen LogP contribution in [0.2, 0.25) is 0 Å². The molecule has 0 aromatic carbocycles. The van der Waals surface area contributed by atoms with Gasteiger partial charge in [0.05, 0.1) is 10.3 Å². The number of oxime groups is 1. The molecule has 1 aliphatic rings. The molecule has 1 heterocycles. The first-order chi connectivity index (χ1) is 5.81. The van der Waals surface area contributed by atoms with Gasteiger partial charge >= 0.3 is 0 Å². The van der Waals surface area contributed by atoms with E-state index in [0.29, 0.717) is 0 Å². The van der Waals surface area contributed by atoms with Crippen LogP contribution in [-0.4, -0.2) is 15.9 Å². The topological polar surface area (TPSA) is 48.4 Å². The first kappa shape index (κ1) is 7.86. The van der Waals surface area contributed by atoms with Crippen LogP contribution >= 0.6 is 15.9 Å². The maximum Gasteiger partial charge on any atom is 0.0886 e. The summed E-state index contributed by atoms with van der Waals surface area (Å²) in [7, 11) is 0. The Labute approximate surface area is 78.6 Å². The van der Waals surface area contributed by atoms with E-state index in [4.69, 9.17) is 5.21 Å². The summed E-state index contributed by atoms with van der Waals surface area (Å²) in [5, 5.41) is 12.0. The second-order valence-electron chi connectivity index (χ2n) is 2.91. The van der Waals surface area contributed by atoms with E-state index >= 15 is 0 Å². The fourth-order valence-electron chi connectivity index (χ4n) is 1.59. The van der Waals surface area contributed by atoms with E-state index in [9.17, 15) is 0 Å². The molecule has 0 saturated heterocycles. The van der Waals surface area contributed by atoms with Crippen molar-refractivity contribution in [3.05, 3.63) is 21.9 Å². The Morgan fingerprint density at radius 1 is 1.50 bits per heavy atom. The Morgan fingerprint density at radius 2 is 2.33 bits per heavy atom. The maximum absolute atomic E-state index is 8.71. The lowest BCUT2D eigenvalue weighted by Gasteiger charge is -2.11. The molecular formula is C8H9BrN2O. The number of aromatic amines is 1. The highest BCUT2D eigenvalue weighted by atomic mass is 79.9. The first-order valence-electron chi connectivity index (χ1n) is 3.90. The number of hydrogen-bond acceptors (Lipinski definition) is 2. The van der Waals surface area contributed by atoms with E-state index in [1.807, 2.05) is 6.07 Å². The molecule has 1 aromatic rings. The predicted octanol–water partition coefficient (Wildman–Crippen LogP) is 2.29. The molecule has 0 radical (unpaired) electrons. The van der Waals surface area contributed by atoms with E-state index in [-0.39, 0.29) is 0 Å². The van der Waals surface area contributed by atoms with Gasteiger partial charge < -0.3 is 10.2 Å². The first-order valence-corrected chi connectivity index (χ1v) is 4.69. The number of halogens is 1. The van der Waals surface area contributed by atoms with Crippen molar-refractivity contribution in [1.29, 1.82) is 0 Å². The van der Waals surface area contributed by atoms with Crippen molar-refractivity contribution in [2.75, 3.05) is 0 Å². The lowest BCUT2D eigenvalue weighted by molar-refractivity contribution is 0.317. The maximum atomic E-state index is 8.71. The van der Waals surface area contributed by atoms with Crippen LogP contribution in [-0.2, 0) is 6.42 Å². The van der Waals surface area contributed by atoms with Crippen molar-refractivity contribution in [1.82, 2.24) is 4.98 Å². The van der Waals surface area contributed by atoms with Crippen LogP contribution in [0.25, 0.3) is 0 Å². The third-order valence-electron chi connectivity index (χ3n) is 2.14. The summed E-state index contributed by atoms with van der Waals surface area (Å²) < 4.78 is 0.954. The van der Waals surface area contributed by atoms with Crippen molar-refractivity contribution in [3.8, 4) is 0 Å². The van der Waals surface area contributed by atoms with Crippen LogP contribution in [0.4, 0.5) is 0 Å². The molecule has 0 spiro atoms. The molecular weight excluding hydrogens is 220 g/mol. The third-order valence-corrected chi connectivity index (χ3v) is 2.57. The quantitative estimate of drug-likeness (QED) is 0.520. The van der Waals surface area contributed by atoms with Gasteiger partial charge in [0.25, 0.3) is 0 Å². The summed E-state index contributed by atoms with van der Waals surface area (Å²) in [6.07, 6.45) is 2.97. The van der Waals surface area contributed by atoms with E-state index < -0.39 is 0 Å². The standard InChI is InChI=1S/C8H9BrN2O/c9-8-4-5-6(10-8)2-1-3-7(5)11-12/h4,10,12H,1-3H2/b11-7-. The largest absolute Gasteiger partial charge is 0.411 e. The van der Waals surface area contributed by atoms with Gasteiger partial charge in [0.2, 0.25) is 0 Å². The van der Waals surface area contributed by atoms with Crippen molar-refractivity contribution in [3.63, 3.8) is 0 Å². The van der Waals surface area contributed by atoms with Crippen LogP contribution in [0, 0.1) is 0 Å². The zero-order chi connectivity index (χ0) is 8.55. The van der Waals surface area contributed by atoms with Gasteiger partial charge in [-0.05, 0) is 41.3 Å². The van der Waals surface area contributed by atoms with Crippen LogP contribution in [0.3, 0.4) is 0 Å². The van der Waals surface area contributed by atoms with Crippen molar-refractivity contribution in [2.45, 2.75) is 19.3 Å². The second kappa shape index (κ2) is 2.94. The Kier molecular flexibility index (Phi) is 1.92. The minimum Gasteiger partial charge on any atom is -0.411 e. The average molecular weight is 229 g/mol. The van der Waals surface area contributed by atoms with Gasteiger partial charge in [-0.25, -0.2) is 0 Å². The molecule has 0 amide bonds. The number of aromatic nitrogens is 1. The smallest absolute Gasteiger partial charge is 0.0886 e. The van der Waals surface area contributed by atoms with Gasteiger partial charge in [-0.1, -0.05) is 5.16 Å². The van der Waals surface area contributed by atoms with Crippen LogP contribution < -0.4 is 0 Å². The van der Waals surface area contributed by atoms with Crippen LogP contribution in [0.15, 0.2) is 15.8 Å². The molecule has 2 rings (SSSR count). The highest BCUT2D eigenvalue weighted by Crippen LogP contribution is 2.24. The lowest BCUT2D eigenvalue weighted by Crippen LogP contribution is -2.10. The molecule has 3 nitrogen and oxygen atoms in total. The van der Waals surface area contributed by atoms with Gasteiger partial charge in [-0.2, -0.15) is 0 Å². The SMILES string of the molecule is O/N=C1/CCCc2[nH]c(Br)cc21. The van der Waals surface area contributed by atoms with Crippen LogP contribution in [0.1, 0.15) is 24.1 Å². The second-order valence-corrected chi connectivity index (χ2v) is 3.76. The number of H-pyrrole nitrogens is 1. The summed E-state index contributed by atoms with van der Waals surface area (Å²) in [5.41, 5.74) is 3.01. The number of hydrogen-bond donors (Lipinski definition) is 2. The van der Waals surface area contributed by atoms with Gasteiger partial charge in [0.15, 0.2) is 0 Å². The number of rotatable bonds is 0. The molecule has 0 aliphatic heterocycles. The number of nitrogens with one attached hydrogen (secondary N) is 1. The highest BCUT2D eigenvalue weighted by molar-refractivity contribution is 9.10. The fourth-order valence-corrected chi connectivity index (χ4v) is 2.06. The average Bonchev–Trinajstić information content (AvgIpc) is 2.44. The summed E-state index contributed by atoms with van der Waals surface area (Å²) >= 11 is 3.36. The minimum absolute atomic E-state index is 0.790. The van der Waals surface area contributed by atoms with E-state index in [0.717, 1.165) is 35.1 Å². The fraction of sp³-hybridized carbons (Fsp3) is 0.375. The predicted molar refractivity (Wildman–Crippen MR) is 49.8 cm³/mol. The number of fused-ring (bicyclic) bond motifs is 1. The molecule has 4 heteroatoms. The molecule has 0 fully saturated rings. The highest BCUT2D eigenvalue weighted by Gasteiger charge is 2.17. The Bertz CT molecular complexity index is 330. The molecule has 64 valence electrons. The zero-order valence-corrected chi connectivity index (χ0v) is 8.06. The summed E-state index contributed by atoms with van der Waals surface area (Å²) in [4.78, 5) is 3.19. The van der Waals surface area contributed by atoms with Gasteiger partial charge in [0.1, 0.15) is 0 Å². The third kappa shape index (κ3) is 1.16. The Morgan fingerprint density at radius 3 is 3.08 bits per heavy atom.